The van der Waals surface area contributed by atoms with E-state index in [-0.39, 0.29) is 0 Å². The van der Waals surface area contributed by atoms with Crippen LogP contribution in [0.2, 0.25) is 10.0 Å². The number of pyridine rings is 1. The highest BCUT2D eigenvalue weighted by Gasteiger charge is 1.99. The van der Waals surface area contributed by atoms with Crippen molar-refractivity contribution < 1.29 is 0 Å². The molecule has 0 spiro atoms. The number of aromatic nitrogens is 1. The molecule has 0 aliphatic heterocycles. The summed E-state index contributed by atoms with van der Waals surface area (Å²) < 4.78 is 0. The van der Waals surface area contributed by atoms with Crippen LogP contribution in [0, 0.1) is 0 Å². The van der Waals surface area contributed by atoms with E-state index in [1.54, 1.807) is 18.3 Å². The molecule has 0 atom stereocenters. The van der Waals surface area contributed by atoms with Gasteiger partial charge in [-0.05, 0) is 42.0 Å². The maximum absolute atomic E-state index is 5.82. The van der Waals surface area contributed by atoms with Gasteiger partial charge in [0.2, 0.25) is 0 Å². The van der Waals surface area contributed by atoms with Crippen molar-refractivity contribution in [1.29, 1.82) is 0 Å². The van der Waals surface area contributed by atoms with E-state index in [0.29, 0.717) is 22.5 Å². The molecule has 0 bridgehead atoms. The van der Waals surface area contributed by atoms with Crippen LogP contribution in [0.1, 0.15) is 5.56 Å². The van der Waals surface area contributed by atoms with Crippen LogP contribution >= 0.6 is 35.4 Å². The van der Waals surface area contributed by atoms with Gasteiger partial charge in [0.15, 0.2) is 5.11 Å². The number of nitrogens with one attached hydrogen (secondary N) is 2. The van der Waals surface area contributed by atoms with Crippen LogP contribution in [-0.4, -0.2) is 10.1 Å². The summed E-state index contributed by atoms with van der Waals surface area (Å²) in [5.41, 5.74) is 1.10. The lowest BCUT2D eigenvalue weighted by atomic mass is 10.2. The van der Waals surface area contributed by atoms with Crippen molar-refractivity contribution in [3.05, 3.63) is 58.2 Å². The zero-order chi connectivity index (χ0) is 13.7. The summed E-state index contributed by atoms with van der Waals surface area (Å²) >= 11 is 16.7. The van der Waals surface area contributed by atoms with E-state index in [4.69, 9.17) is 35.4 Å². The molecule has 0 radical (unpaired) electrons. The first-order valence-corrected chi connectivity index (χ1v) is 6.71. The van der Waals surface area contributed by atoms with Crippen LogP contribution in [0.3, 0.4) is 0 Å². The number of halogens is 2. The fourth-order valence-electron chi connectivity index (χ4n) is 1.39. The molecule has 6 heteroatoms. The predicted octanol–water partition coefficient (Wildman–Crippen LogP) is 3.88. The monoisotopic (exact) mass is 311 g/mol. The van der Waals surface area contributed by atoms with E-state index in [1.807, 2.05) is 24.3 Å². The van der Waals surface area contributed by atoms with Crippen LogP contribution in [0.5, 0.6) is 0 Å². The summed E-state index contributed by atoms with van der Waals surface area (Å²) in [5.74, 6) is 0.651. The van der Waals surface area contributed by atoms with Crippen molar-refractivity contribution in [2.75, 3.05) is 5.32 Å². The summed E-state index contributed by atoms with van der Waals surface area (Å²) in [5, 5.41) is 7.87. The Morgan fingerprint density at radius 3 is 2.37 bits per heavy atom. The van der Waals surface area contributed by atoms with Crippen molar-refractivity contribution >= 4 is 46.4 Å². The molecular weight excluding hydrogens is 301 g/mol. The Labute approximate surface area is 127 Å². The second-order valence-corrected chi connectivity index (χ2v) is 5.08. The number of rotatable bonds is 3. The number of nitrogens with zero attached hydrogens (tertiary/aromatic N) is 1. The van der Waals surface area contributed by atoms with Crippen molar-refractivity contribution in [1.82, 2.24) is 10.3 Å². The van der Waals surface area contributed by atoms with Gasteiger partial charge in [0.05, 0.1) is 5.02 Å². The summed E-state index contributed by atoms with van der Waals surface area (Å²) in [7, 11) is 0. The van der Waals surface area contributed by atoms with E-state index in [0.717, 1.165) is 10.6 Å². The van der Waals surface area contributed by atoms with E-state index in [9.17, 15) is 0 Å². The largest absolute Gasteiger partial charge is 0.358 e. The lowest BCUT2D eigenvalue weighted by Crippen LogP contribution is -2.28. The third-order valence-corrected chi connectivity index (χ3v) is 3.06. The maximum atomic E-state index is 5.82. The van der Waals surface area contributed by atoms with Gasteiger partial charge in [0.1, 0.15) is 5.82 Å². The minimum atomic E-state index is 0.504. The number of hydrogen-bond donors (Lipinski definition) is 2. The van der Waals surface area contributed by atoms with Crippen molar-refractivity contribution in [2.45, 2.75) is 6.54 Å². The smallest absolute Gasteiger partial charge is 0.172 e. The Kier molecular flexibility index (Phi) is 4.96. The van der Waals surface area contributed by atoms with Crippen LogP contribution in [-0.2, 0) is 6.54 Å². The molecule has 2 rings (SSSR count). The molecule has 0 aliphatic rings. The molecule has 2 N–H and O–H groups in total. The topological polar surface area (TPSA) is 37.0 Å². The Bertz CT molecular complexity index is 555. The molecule has 0 fully saturated rings. The van der Waals surface area contributed by atoms with Gasteiger partial charge in [-0.3, -0.25) is 0 Å². The van der Waals surface area contributed by atoms with Crippen LogP contribution in [0.25, 0.3) is 0 Å². The molecule has 1 aromatic carbocycles. The molecule has 0 saturated heterocycles. The van der Waals surface area contributed by atoms with Gasteiger partial charge in [0, 0.05) is 17.8 Å². The van der Waals surface area contributed by atoms with Crippen molar-refractivity contribution in [3.63, 3.8) is 0 Å². The van der Waals surface area contributed by atoms with E-state index < -0.39 is 0 Å². The maximum Gasteiger partial charge on any atom is 0.172 e. The standard InChI is InChI=1S/C13H11Cl2N3S/c14-10-3-1-9(2-4-10)7-17-13(19)18-12-6-5-11(15)8-16-12/h1-6,8H,7H2,(H2,16,17,18,19). The SMILES string of the molecule is S=C(NCc1ccc(Cl)cc1)Nc1ccc(Cl)cn1. The van der Waals surface area contributed by atoms with E-state index >= 15 is 0 Å². The molecule has 0 aliphatic carbocycles. The molecule has 0 amide bonds. The summed E-state index contributed by atoms with van der Waals surface area (Å²) in [6, 6.07) is 11.1. The lowest BCUT2D eigenvalue weighted by Gasteiger charge is -2.09. The highest BCUT2D eigenvalue weighted by molar-refractivity contribution is 7.80. The molecule has 19 heavy (non-hydrogen) atoms. The molecule has 0 unspecified atom stereocenters. The molecule has 0 saturated carbocycles. The number of hydrogen-bond acceptors (Lipinski definition) is 2. The second kappa shape index (κ2) is 6.70. The normalized spacial score (nSPS) is 10.0. The molecule has 1 aromatic heterocycles. The van der Waals surface area contributed by atoms with Gasteiger partial charge in [-0.2, -0.15) is 0 Å². The third-order valence-electron chi connectivity index (χ3n) is 2.34. The zero-order valence-electron chi connectivity index (χ0n) is 9.86. The Balaban J connectivity index is 1.84. The van der Waals surface area contributed by atoms with Gasteiger partial charge in [-0.1, -0.05) is 35.3 Å². The fraction of sp³-hybridized carbons (Fsp3) is 0.0769. The van der Waals surface area contributed by atoms with E-state index in [2.05, 4.69) is 15.6 Å². The minimum absolute atomic E-state index is 0.504. The predicted molar refractivity (Wildman–Crippen MR) is 83.8 cm³/mol. The number of anilines is 1. The molecule has 3 nitrogen and oxygen atoms in total. The van der Waals surface area contributed by atoms with Gasteiger partial charge >= 0.3 is 0 Å². The first kappa shape index (κ1) is 14.1. The quantitative estimate of drug-likeness (QED) is 0.844. The average molecular weight is 312 g/mol. The second-order valence-electron chi connectivity index (χ2n) is 3.80. The highest BCUT2D eigenvalue weighted by Crippen LogP contribution is 2.10. The highest BCUT2D eigenvalue weighted by atomic mass is 35.5. The van der Waals surface area contributed by atoms with Gasteiger partial charge in [0.25, 0.3) is 0 Å². The van der Waals surface area contributed by atoms with Gasteiger partial charge < -0.3 is 10.6 Å². The van der Waals surface area contributed by atoms with Gasteiger partial charge in [-0.25, -0.2) is 4.98 Å². The molecule has 1 heterocycles. The molecule has 2 aromatic rings. The molecular formula is C13H11Cl2N3S. The summed E-state index contributed by atoms with van der Waals surface area (Å²) in [6.07, 6.45) is 1.56. The first-order chi connectivity index (χ1) is 9.13. The van der Waals surface area contributed by atoms with Crippen LogP contribution in [0.15, 0.2) is 42.6 Å². The van der Waals surface area contributed by atoms with Crippen LogP contribution in [0.4, 0.5) is 5.82 Å². The average Bonchev–Trinajstić information content (AvgIpc) is 2.41. The zero-order valence-corrected chi connectivity index (χ0v) is 12.2. The number of thiocarbonyl (C=S) groups is 1. The Morgan fingerprint density at radius 2 is 1.74 bits per heavy atom. The summed E-state index contributed by atoms with van der Waals surface area (Å²) in [6.45, 7) is 0.622. The number of benzene rings is 1. The third kappa shape index (κ3) is 4.67. The first-order valence-electron chi connectivity index (χ1n) is 5.54. The van der Waals surface area contributed by atoms with Crippen molar-refractivity contribution in [3.8, 4) is 0 Å². The summed E-state index contributed by atoms with van der Waals surface area (Å²) in [4.78, 5) is 4.10. The van der Waals surface area contributed by atoms with Crippen molar-refractivity contribution in [2.24, 2.45) is 0 Å². The van der Waals surface area contributed by atoms with Crippen LogP contribution < -0.4 is 10.6 Å². The van der Waals surface area contributed by atoms with E-state index in [1.165, 1.54) is 0 Å². The lowest BCUT2D eigenvalue weighted by molar-refractivity contribution is 0.925. The minimum Gasteiger partial charge on any atom is -0.358 e. The Morgan fingerprint density at radius 1 is 1.05 bits per heavy atom. The molecule has 98 valence electrons. The van der Waals surface area contributed by atoms with Gasteiger partial charge in [-0.15, -0.1) is 0 Å². The fourth-order valence-corrected chi connectivity index (χ4v) is 1.81. The Hall–Kier alpha value is -1.36.